The Labute approximate surface area is 240 Å². The Kier molecular flexibility index (Phi) is 10.2. The summed E-state index contributed by atoms with van der Waals surface area (Å²) in [6.45, 7) is 11.0. The van der Waals surface area contributed by atoms with Gasteiger partial charge in [-0.05, 0) is 65.8 Å². The number of hydrogen-bond acceptors (Lipinski definition) is 9. The zero-order chi connectivity index (χ0) is 29.6. The zero-order valence-corrected chi connectivity index (χ0v) is 25.4. The van der Waals surface area contributed by atoms with Gasteiger partial charge in [0.2, 0.25) is 0 Å². The predicted molar refractivity (Wildman–Crippen MR) is 153 cm³/mol. The first-order valence-electron chi connectivity index (χ1n) is 13.0. The van der Waals surface area contributed by atoms with Gasteiger partial charge < -0.3 is 29.6 Å². The second kappa shape index (κ2) is 13.0. The highest BCUT2D eigenvalue weighted by molar-refractivity contribution is 8.01. The fourth-order valence-electron chi connectivity index (χ4n) is 3.81. The van der Waals surface area contributed by atoms with Gasteiger partial charge in [0.15, 0.2) is 9.84 Å². The highest BCUT2D eigenvalue weighted by Crippen LogP contribution is 2.52. The van der Waals surface area contributed by atoms with Crippen molar-refractivity contribution < 1.29 is 37.0 Å². The maximum atomic E-state index is 13.4. The van der Waals surface area contributed by atoms with Gasteiger partial charge in [-0.25, -0.2) is 18.0 Å². The van der Waals surface area contributed by atoms with Gasteiger partial charge in [-0.2, -0.15) is 0 Å². The monoisotopic (exact) mass is 594 g/mol. The van der Waals surface area contributed by atoms with Crippen molar-refractivity contribution >= 4 is 33.8 Å². The quantitative estimate of drug-likeness (QED) is 0.360. The smallest absolute Gasteiger partial charge is 0.407 e. The van der Waals surface area contributed by atoms with Crippen molar-refractivity contribution in [3.05, 3.63) is 48.0 Å². The second-order valence-corrected chi connectivity index (χ2v) is 14.3. The van der Waals surface area contributed by atoms with Crippen molar-refractivity contribution in [2.45, 2.75) is 67.8 Å². The van der Waals surface area contributed by atoms with Gasteiger partial charge in [-0.3, -0.25) is 0 Å². The van der Waals surface area contributed by atoms with E-state index in [1.165, 1.54) is 11.8 Å². The van der Waals surface area contributed by atoms with Gasteiger partial charge in [0, 0.05) is 10.5 Å². The third-order valence-electron chi connectivity index (χ3n) is 5.20. The molecule has 0 aliphatic carbocycles. The normalized spacial score (nSPS) is 16.0. The molecular weight excluding hydrogens is 556 g/mol. The van der Waals surface area contributed by atoms with Crippen molar-refractivity contribution in [2.24, 2.45) is 0 Å². The minimum Gasteiger partial charge on any atom is -0.491 e. The molecule has 0 bridgehead atoms. The summed E-state index contributed by atoms with van der Waals surface area (Å²) in [5.74, 6) is 0.469. The Bertz CT molecular complexity index is 1290. The number of sulfone groups is 1. The lowest BCUT2D eigenvalue weighted by molar-refractivity contribution is 0.0508. The van der Waals surface area contributed by atoms with E-state index in [4.69, 9.17) is 18.9 Å². The molecule has 2 aromatic rings. The summed E-state index contributed by atoms with van der Waals surface area (Å²) in [6.07, 6.45) is -1.15. The summed E-state index contributed by atoms with van der Waals surface area (Å²) in [4.78, 5) is 24.9. The van der Waals surface area contributed by atoms with E-state index in [9.17, 15) is 18.0 Å². The van der Waals surface area contributed by atoms with E-state index in [1.54, 1.807) is 53.7 Å². The van der Waals surface area contributed by atoms with Crippen LogP contribution < -0.4 is 20.1 Å². The molecule has 3 rings (SSSR count). The largest absolute Gasteiger partial charge is 0.491 e. The van der Waals surface area contributed by atoms with E-state index in [1.807, 2.05) is 30.3 Å². The molecule has 10 nitrogen and oxygen atoms in total. The maximum absolute atomic E-state index is 13.4. The topological polar surface area (TPSA) is 129 Å². The number of carbonyl (C=O) groups excluding carboxylic acids is 2. The van der Waals surface area contributed by atoms with Crippen LogP contribution in [0.4, 0.5) is 9.59 Å². The van der Waals surface area contributed by atoms with Crippen LogP contribution in [0.25, 0.3) is 0 Å². The van der Waals surface area contributed by atoms with Crippen molar-refractivity contribution in [1.82, 2.24) is 10.6 Å². The SMILES string of the molecule is CC(C)(C)OC(=O)NCCOc1ccc(OCCNC(=O)OC(C)(C)C)c2c1C(Sc1ccccc1)CS2(=O)=O. The lowest BCUT2D eigenvalue weighted by Crippen LogP contribution is -2.34. The fourth-order valence-corrected chi connectivity index (χ4v) is 7.43. The molecule has 1 aliphatic heterocycles. The van der Waals surface area contributed by atoms with Crippen molar-refractivity contribution in [2.75, 3.05) is 32.1 Å². The zero-order valence-electron chi connectivity index (χ0n) is 23.7. The summed E-state index contributed by atoms with van der Waals surface area (Å²) in [7, 11) is -3.70. The van der Waals surface area contributed by atoms with E-state index >= 15 is 0 Å². The van der Waals surface area contributed by atoms with Crippen molar-refractivity contribution in [3.63, 3.8) is 0 Å². The maximum Gasteiger partial charge on any atom is 0.407 e. The minimum absolute atomic E-state index is 0.0394. The van der Waals surface area contributed by atoms with E-state index in [2.05, 4.69) is 10.6 Å². The van der Waals surface area contributed by atoms with Crippen LogP contribution in [0.2, 0.25) is 0 Å². The molecule has 0 spiro atoms. The predicted octanol–water partition coefficient (Wildman–Crippen LogP) is 5.11. The van der Waals surface area contributed by atoms with Crippen molar-refractivity contribution in [1.29, 1.82) is 0 Å². The molecule has 2 N–H and O–H groups in total. The number of hydrogen-bond donors (Lipinski definition) is 2. The lowest BCUT2D eigenvalue weighted by atomic mass is 10.1. The van der Waals surface area contributed by atoms with E-state index in [-0.39, 0.29) is 42.7 Å². The molecule has 0 fully saturated rings. The summed E-state index contributed by atoms with van der Waals surface area (Å²) in [5.41, 5.74) is -0.743. The molecule has 0 radical (unpaired) electrons. The Morgan fingerprint density at radius 3 is 1.85 bits per heavy atom. The first-order valence-corrected chi connectivity index (χ1v) is 15.5. The molecule has 1 unspecified atom stereocenters. The molecule has 2 aromatic carbocycles. The summed E-state index contributed by atoms with van der Waals surface area (Å²) < 4.78 is 49.0. The number of rotatable bonds is 10. The van der Waals surface area contributed by atoms with Gasteiger partial charge >= 0.3 is 12.2 Å². The number of fused-ring (bicyclic) bond motifs is 1. The number of amides is 2. The number of benzene rings is 2. The van der Waals surface area contributed by atoms with Crippen LogP contribution in [0.5, 0.6) is 11.5 Å². The van der Waals surface area contributed by atoms with E-state index in [0.717, 1.165) is 4.90 Å². The molecule has 0 aromatic heterocycles. The molecule has 12 heteroatoms. The molecule has 0 saturated heterocycles. The average Bonchev–Trinajstić information content (AvgIpc) is 3.09. The number of nitrogens with one attached hydrogen (secondary N) is 2. The standard InChI is InChI=1S/C28H38N2O8S2/c1-27(2,3)37-25(31)29-14-16-35-20-12-13-21(36-17-15-30-26(32)38-28(4,5)6)24-23(20)22(18-40(24,33)34)39-19-10-8-7-9-11-19/h7-13,22H,14-18H2,1-6H3,(H,29,31)(H,30,32). The Hall–Kier alpha value is -3.12. The number of carbonyl (C=O) groups is 2. The van der Waals surface area contributed by atoms with Gasteiger partial charge in [0.25, 0.3) is 0 Å². The van der Waals surface area contributed by atoms with Gasteiger partial charge in [0.05, 0.1) is 24.1 Å². The number of thioether (sulfide) groups is 1. The fraction of sp³-hybridized carbons (Fsp3) is 0.500. The minimum atomic E-state index is -3.70. The van der Waals surface area contributed by atoms with Gasteiger partial charge in [-0.1, -0.05) is 18.2 Å². The molecule has 220 valence electrons. The van der Waals surface area contributed by atoms with Crippen LogP contribution in [0, 0.1) is 0 Å². The summed E-state index contributed by atoms with van der Waals surface area (Å²) in [5, 5.41) is 4.80. The Balaban J connectivity index is 1.77. The van der Waals surface area contributed by atoms with Crippen LogP contribution in [-0.4, -0.2) is 63.9 Å². The third kappa shape index (κ3) is 9.51. The average molecular weight is 595 g/mol. The van der Waals surface area contributed by atoms with Crippen LogP contribution in [0.1, 0.15) is 52.4 Å². The highest BCUT2D eigenvalue weighted by atomic mass is 32.2. The molecular formula is C28H38N2O8S2. The van der Waals surface area contributed by atoms with Gasteiger partial charge in [-0.15, -0.1) is 11.8 Å². The van der Waals surface area contributed by atoms with E-state index < -0.39 is 38.5 Å². The summed E-state index contributed by atoms with van der Waals surface area (Å²) >= 11 is 1.43. The first-order chi connectivity index (χ1) is 18.6. The second-order valence-electron chi connectivity index (χ2n) is 11.1. The van der Waals surface area contributed by atoms with Crippen LogP contribution in [0.15, 0.2) is 52.3 Å². The first kappa shape index (κ1) is 31.4. The Morgan fingerprint density at radius 2 is 1.32 bits per heavy atom. The van der Waals surface area contributed by atoms with Gasteiger partial charge in [0.1, 0.15) is 40.8 Å². The molecule has 1 aliphatic rings. The van der Waals surface area contributed by atoms with Crippen LogP contribution in [0.3, 0.4) is 0 Å². The molecule has 1 atom stereocenters. The lowest BCUT2D eigenvalue weighted by Gasteiger charge is -2.20. The third-order valence-corrected chi connectivity index (χ3v) is 8.46. The molecule has 0 saturated carbocycles. The molecule has 1 heterocycles. The highest BCUT2D eigenvalue weighted by Gasteiger charge is 2.41. The van der Waals surface area contributed by atoms with E-state index in [0.29, 0.717) is 11.3 Å². The Morgan fingerprint density at radius 1 is 0.825 bits per heavy atom. The summed E-state index contributed by atoms with van der Waals surface area (Å²) in [6, 6.07) is 12.7. The molecule has 2 amide bonds. The number of ether oxygens (including phenoxy) is 4. The van der Waals surface area contributed by atoms with Crippen molar-refractivity contribution in [3.8, 4) is 11.5 Å². The van der Waals surface area contributed by atoms with Crippen LogP contribution >= 0.6 is 11.8 Å². The molecule has 40 heavy (non-hydrogen) atoms. The van der Waals surface area contributed by atoms with Crippen LogP contribution in [-0.2, 0) is 19.3 Å². The number of alkyl carbamates (subject to hydrolysis) is 2.